The van der Waals surface area contributed by atoms with Crippen LogP contribution in [0.5, 0.6) is 0 Å². The summed E-state index contributed by atoms with van der Waals surface area (Å²) in [4.78, 5) is 0. The second-order valence-corrected chi connectivity index (χ2v) is 9.35. The Hall–Kier alpha value is -0.743. The Kier molecular flexibility index (Phi) is 5.27. The van der Waals surface area contributed by atoms with Crippen LogP contribution in [0.2, 0.25) is 19.1 Å². The highest BCUT2D eigenvalue weighted by Crippen LogP contribution is 2.16. The zero-order chi connectivity index (χ0) is 12.9. The molecule has 0 unspecified atom stereocenters. The summed E-state index contributed by atoms with van der Waals surface area (Å²) in [7, 11) is 0.296. The average molecular weight is 258 g/mol. The second-order valence-electron chi connectivity index (χ2n) is 4.92. The van der Waals surface area contributed by atoms with Crippen LogP contribution in [0.1, 0.15) is 18.4 Å². The molecule has 0 amide bonds. The normalized spacial score (nSPS) is 11.8. The quantitative estimate of drug-likeness (QED) is 0.550. The molecule has 1 aromatic carbocycles. The Morgan fingerprint density at radius 1 is 1.12 bits per heavy atom. The molecule has 1 nitrogen and oxygen atoms in total. The van der Waals surface area contributed by atoms with Crippen molar-refractivity contribution in [3.63, 3.8) is 0 Å². The Bertz CT molecular complexity index is 366. The maximum Gasteiger partial charge on any atom is 0.186 e. The monoisotopic (exact) mass is 258 g/mol. The Morgan fingerprint density at radius 2 is 1.82 bits per heavy atom. The summed E-state index contributed by atoms with van der Waals surface area (Å²) in [5.41, 5.74) is 0.862. The molecule has 0 atom stereocenters. The molecule has 4 heteroatoms. The van der Waals surface area contributed by atoms with Crippen molar-refractivity contribution in [2.45, 2.75) is 38.4 Å². The van der Waals surface area contributed by atoms with Gasteiger partial charge in [0.15, 0.2) is 20.0 Å². The number of rotatable bonds is 6. The number of benzene rings is 1. The van der Waals surface area contributed by atoms with E-state index >= 15 is 0 Å². The summed E-state index contributed by atoms with van der Waals surface area (Å²) < 4.78 is 31.1. The van der Waals surface area contributed by atoms with E-state index in [1.807, 2.05) is 0 Å². The molecular weight excluding hydrogens is 238 g/mol. The van der Waals surface area contributed by atoms with Crippen LogP contribution < -0.4 is 0 Å². The first kappa shape index (κ1) is 14.3. The van der Waals surface area contributed by atoms with Crippen LogP contribution in [-0.2, 0) is 10.8 Å². The molecule has 0 bridgehead atoms. The van der Waals surface area contributed by atoms with E-state index in [2.05, 4.69) is 13.1 Å². The van der Waals surface area contributed by atoms with Crippen molar-refractivity contribution in [2.24, 2.45) is 0 Å². The topological polar surface area (TPSA) is 9.23 Å². The van der Waals surface area contributed by atoms with Crippen LogP contribution in [0.4, 0.5) is 8.78 Å². The van der Waals surface area contributed by atoms with Gasteiger partial charge < -0.3 is 4.43 Å². The third-order valence-electron chi connectivity index (χ3n) is 3.03. The van der Waals surface area contributed by atoms with Crippen molar-refractivity contribution >= 4 is 8.32 Å². The molecule has 0 aliphatic rings. The van der Waals surface area contributed by atoms with E-state index in [9.17, 15) is 8.78 Å². The molecule has 0 aromatic heterocycles. The third-order valence-corrected chi connectivity index (χ3v) is 5.69. The first-order valence-electron chi connectivity index (χ1n) is 5.94. The SMILES string of the molecule is CO[Si](C)(C)CCCCc1ccc(F)c(F)c1. The summed E-state index contributed by atoms with van der Waals surface area (Å²) in [6.07, 6.45) is 2.86. The largest absolute Gasteiger partial charge is 0.420 e. The van der Waals surface area contributed by atoms with Gasteiger partial charge in [0.2, 0.25) is 0 Å². The van der Waals surface area contributed by atoms with Crippen molar-refractivity contribution in [1.82, 2.24) is 0 Å². The van der Waals surface area contributed by atoms with Gasteiger partial charge in [0.1, 0.15) is 0 Å². The highest BCUT2D eigenvalue weighted by molar-refractivity contribution is 6.71. The molecular formula is C13H20F2OSi. The lowest BCUT2D eigenvalue weighted by molar-refractivity contribution is 0.401. The minimum atomic E-state index is -1.47. The van der Waals surface area contributed by atoms with E-state index in [0.717, 1.165) is 30.9 Å². The van der Waals surface area contributed by atoms with Crippen molar-refractivity contribution in [2.75, 3.05) is 7.11 Å². The molecule has 0 saturated carbocycles. The lowest BCUT2D eigenvalue weighted by Gasteiger charge is -2.19. The summed E-state index contributed by atoms with van der Waals surface area (Å²) in [6, 6.07) is 5.23. The van der Waals surface area contributed by atoms with Gasteiger partial charge in [0, 0.05) is 7.11 Å². The molecule has 1 rings (SSSR count). The molecule has 17 heavy (non-hydrogen) atoms. The predicted molar refractivity (Wildman–Crippen MR) is 68.6 cm³/mol. The van der Waals surface area contributed by atoms with Gasteiger partial charge in [-0.15, -0.1) is 0 Å². The fraction of sp³-hybridized carbons (Fsp3) is 0.538. The van der Waals surface area contributed by atoms with Crippen molar-refractivity contribution in [3.8, 4) is 0 Å². The first-order valence-corrected chi connectivity index (χ1v) is 9.05. The van der Waals surface area contributed by atoms with E-state index in [0.29, 0.717) is 0 Å². The Balaban J connectivity index is 2.34. The van der Waals surface area contributed by atoms with Crippen LogP contribution in [0, 0.1) is 11.6 Å². The molecule has 1 aromatic rings. The highest BCUT2D eigenvalue weighted by Gasteiger charge is 2.19. The average Bonchev–Trinajstić information content (AvgIpc) is 2.29. The van der Waals surface area contributed by atoms with Crippen molar-refractivity contribution in [3.05, 3.63) is 35.4 Å². The minimum absolute atomic E-state index is 0.755. The zero-order valence-corrected chi connectivity index (χ0v) is 11.7. The number of aryl methyl sites for hydroxylation is 1. The van der Waals surface area contributed by atoms with Crippen LogP contribution in [-0.4, -0.2) is 15.4 Å². The molecule has 0 spiro atoms. The van der Waals surface area contributed by atoms with Gasteiger partial charge in [0.25, 0.3) is 0 Å². The van der Waals surface area contributed by atoms with Crippen LogP contribution >= 0.6 is 0 Å². The number of unbranched alkanes of at least 4 members (excludes halogenated alkanes) is 1. The summed E-state index contributed by atoms with van der Waals surface area (Å²) >= 11 is 0. The number of hydrogen-bond acceptors (Lipinski definition) is 1. The van der Waals surface area contributed by atoms with Crippen LogP contribution in [0.15, 0.2) is 18.2 Å². The molecule has 96 valence electrons. The lowest BCUT2D eigenvalue weighted by Crippen LogP contribution is -2.27. The van der Waals surface area contributed by atoms with Gasteiger partial charge in [-0.1, -0.05) is 12.5 Å². The van der Waals surface area contributed by atoms with E-state index < -0.39 is 20.0 Å². The molecule has 0 heterocycles. The Labute approximate surface area is 103 Å². The predicted octanol–water partition coefficient (Wildman–Crippen LogP) is 4.14. The van der Waals surface area contributed by atoms with Gasteiger partial charge >= 0.3 is 0 Å². The van der Waals surface area contributed by atoms with Crippen molar-refractivity contribution in [1.29, 1.82) is 0 Å². The van der Waals surface area contributed by atoms with Gasteiger partial charge in [0.05, 0.1) is 0 Å². The van der Waals surface area contributed by atoms with E-state index in [1.54, 1.807) is 13.2 Å². The standard InChI is InChI=1S/C13H20F2OSi/c1-16-17(2,3)9-5-4-6-11-7-8-12(14)13(15)10-11/h7-8,10H,4-6,9H2,1-3H3. The molecule has 0 saturated heterocycles. The lowest BCUT2D eigenvalue weighted by atomic mass is 10.1. The number of halogens is 2. The molecule has 0 N–H and O–H groups in total. The number of hydrogen-bond donors (Lipinski definition) is 0. The molecule has 0 aliphatic carbocycles. The first-order chi connectivity index (χ1) is 7.94. The van der Waals surface area contributed by atoms with Crippen LogP contribution in [0.3, 0.4) is 0 Å². The van der Waals surface area contributed by atoms with E-state index in [4.69, 9.17) is 4.43 Å². The maximum absolute atomic E-state index is 12.9. The van der Waals surface area contributed by atoms with Gasteiger partial charge in [-0.05, 0) is 49.7 Å². The molecule has 0 aliphatic heterocycles. The van der Waals surface area contributed by atoms with Gasteiger partial charge in [-0.3, -0.25) is 0 Å². The zero-order valence-electron chi connectivity index (χ0n) is 10.7. The highest BCUT2D eigenvalue weighted by atomic mass is 28.4. The minimum Gasteiger partial charge on any atom is -0.420 e. The molecule has 0 radical (unpaired) electrons. The van der Waals surface area contributed by atoms with Crippen molar-refractivity contribution < 1.29 is 13.2 Å². The van der Waals surface area contributed by atoms with Gasteiger partial charge in [-0.25, -0.2) is 8.78 Å². The maximum atomic E-state index is 12.9. The fourth-order valence-corrected chi connectivity index (χ4v) is 2.98. The summed E-state index contributed by atoms with van der Waals surface area (Å²) in [5, 5.41) is 0. The Morgan fingerprint density at radius 3 is 2.41 bits per heavy atom. The summed E-state index contributed by atoms with van der Waals surface area (Å²) in [6.45, 7) is 4.37. The summed E-state index contributed by atoms with van der Waals surface area (Å²) in [5.74, 6) is -1.53. The van der Waals surface area contributed by atoms with Gasteiger partial charge in [-0.2, -0.15) is 0 Å². The van der Waals surface area contributed by atoms with E-state index in [-0.39, 0.29) is 0 Å². The van der Waals surface area contributed by atoms with E-state index in [1.165, 1.54) is 12.1 Å². The fourth-order valence-electron chi connectivity index (χ4n) is 1.68. The third kappa shape index (κ3) is 4.96. The smallest absolute Gasteiger partial charge is 0.186 e. The second kappa shape index (κ2) is 6.26. The molecule has 0 fully saturated rings. The van der Waals surface area contributed by atoms with Crippen LogP contribution in [0.25, 0.3) is 0 Å².